The lowest BCUT2D eigenvalue weighted by Crippen LogP contribution is -2.26. The van der Waals surface area contributed by atoms with Gasteiger partial charge in [-0.25, -0.2) is 4.98 Å². The van der Waals surface area contributed by atoms with Crippen LogP contribution in [0.4, 0.5) is 0 Å². The summed E-state index contributed by atoms with van der Waals surface area (Å²) in [6, 6.07) is 30.4. The van der Waals surface area contributed by atoms with Crippen molar-refractivity contribution >= 4 is 16.6 Å². The van der Waals surface area contributed by atoms with Crippen LogP contribution in [0.5, 0.6) is 0 Å². The molecule has 6 aromatic rings. The molecule has 0 amide bonds. The van der Waals surface area contributed by atoms with Crippen molar-refractivity contribution in [3.63, 3.8) is 0 Å². The van der Waals surface area contributed by atoms with Crippen LogP contribution in [0.1, 0.15) is 53.9 Å². The number of rotatable bonds is 9. The molecule has 1 aliphatic rings. The van der Waals surface area contributed by atoms with Gasteiger partial charge in [0.25, 0.3) is 5.56 Å². The number of fused-ring (bicyclic) bond motifs is 1. The van der Waals surface area contributed by atoms with Gasteiger partial charge in [0.1, 0.15) is 11.9 Å². The van der Waals surface area contributed by atoms with E-state index in [1.54, 1.807) is 0 Å². The van der Waals surface area contributed by atoms with Crippen LogP contribution in [0.2, 0.25) is 0 Å². The lowest BCUT2D eigenvalue weighted by Gasteiger charge is -2.15. The summed E-state index contributed by atoms with van der Waals surface area (Å²) in [6.45, 7) is 4.64. The molecular weight excluding hydrogens is 562 g/mol. The Hall–Kier alpha value is -5.41. The second-order valence-electron chi connectivity index (χ2n) is 11.4. The Bertz CT molecular complexity index is 2050. The third-order valence-corrected chi connectivity index (χ3v) is 8.24. The average Bonchev–Trinajstić information content (AvgIpc) is 3.80. The van der Waals surface area contributed by atoms with E-state index in [2.05, 4.69) is 88.5 Å². The van der Waals surface area contributed by atoms with Crippen molar-refractivity contribution < 1.29 is 4.84 Å². The first kappa shape index (κ1) is 28.4. The predicted molar refractivity (Wildman–Crippen MR) is 175 cm³/mol. The summed E-state index contributed by atoms with van der Waals surface area (Å²) >= 11 is 0. The highest BCUT2D eigenvalue weighted by atomic mass is 16.7. The average molecular weight is 596 g/mol. The Morgan fingerprint density at radius 1 is 0.911 bits per heavy atom. The zero-order valence-corrected chi connectivity index (χ0v) is 25.2. The summed E-state index contributed by atoms with van der Waals surface area (Å²) < 4.78 is 1.82. The van der Waals surface area contributed by atoms with Crippen molar-refractivity contribution in [1.82, 2.24) is 35.7 Å². The third-order valence-electron chi connectivity index (χ3n) is 8.24. The molecule has 2 aromatic heterocycles. The molecule has 0 fully saturated rings. The molecule has 1 unspecified atom stereocenters. The largest absolute Gasteiger partial charge is 0.292 e. The standard InChI is InChI=1S/C36H33N7O2/c1-3-4-9-34-37-31-19-18-27(33-21-32(40-45-33)26-14-10-23(2)11-15-26)20-30(31)36(44)43(34)22-24-12-16-25(17-13-24)28-7-5-6-8-29(28)35-38-41-42-39-35/h5-8,10-21,33,40H,3-4,9,22H2,1-2H3,(H,38,39,41,42). The molecule has 45 heavy (non-hydrogen) atoms. The van der Waals surface area contributed by atoms with Crippen molar-refractivity contribution in [2.45, 2.75) is 45.8 Å². The van der Waals surface area contributed by atoms with Gasteiger partial charge in [-0.1, -0.05) is 97.8 Å². The molecule has 9 nitrogen and oxygen atoms in total. The number of nitrogens with zero attached hydrogens (tertiary/aromatic N) is 5. The van der Waals surface area contributed by atoms with E-state index >= 15 is 0 Å². The molecule has 0 saturated carbocycles. The lowest BCUT2D eigenvalue weighted by atomic mass is 9.98. The highest BCUT2D eigenvalue weighted by Gasteiger charge is 2.21. The molecule has 0 bridgehead atoms. The van der Waals surface area contributed by atoms with E-state index in [9.17, 15) is 4.79 Å². The van der Waals surface area contributed by atoms with Crippen molar-refractivity contribution in [2.24, 2.45) is 0 Å². The van der Waals surface area contributed by atoms with Gasteiger partial charge in [0, 0.05) is 12.0 Å². The summed E-state index contributed by atoms with van der Waals surface area (Å²) in [4.78, 5) is 25.0. The van der Waals surface area contributed by atoms with Crippen LogP contribution in [0.25, 0.3) is 39.1 Å². The van der Waals surface area contributed by atoms with Crippen molar-refractivity contribution in [2.75, 3.05) is 0 Å². The fraction of sp³-hybridized carbons (Fsp3) is 0.194. The number of hydroxylamine groups is 1. The maximum Gasteiger partial charge on any atom is 0.261 e. The van der Waals surface area contributed by atoms with Gasteiger partial charge < -0.3 is 0 Å². The zero-order valence-electron chi connectivity index (χ0n) is 25.2. The maximum atomic E-state index is 14.1. The maximum absolute atomic E-state index is 14.1. The monoisotopic (exact) mass is 595 g/mol. The van der Waals surface area contributed by atoms with Gasteiger partial charge >= 0.3 is 0 Å². The van der Waals surface area contributed by atoms with Gasteiger partial charge in [-0.2, -0.15) is 5.21 Å². The number of H-pyrrole nitrogens is 1. The van der Waals surface area contributed by atoms with Gasteiger partial charge in [-0.3, -0.25) is 19.7 Å². The second kappa shape index (κ2) is 12.3. The zero-order chi connectivity index (χ0) is 30.8. The Morgan fingerprint density at radius 3 is 2.44 bits per heavy atom. The summed E-state index contributed by atoms with van der Waals surface area (Å²) in [7, 11) is 0. The van der Waals surface area contributed by atoms with Gasteiger partial charge in [-0.15, -0.1) is 10.2 Å². The first-order chi connectivity index (χ1) is 22.1. The van der Waals surface area contributed by atoms with Crippen LogP contribution in [0.15, 0.2) is 102 Å². The minimum Gasteiger partial charge on any atom is -0.292 e. The number of aryl methyl sites for hydroxylation is 2. The van der Waals surface area contributed by atoms with Crippen LogP contribution in [0, 0.1) is 6.92 Å². The van der Waals surface area contributed by atoms with Crippen LogP contribution < -0.4 is 11.0 Å². The number of nitrogens with one attached hydrogen (secondary N) is 2. The molecule has 9 heteroatoms. The molecule has 0 saturated heterocycles. The molecule has 224 valence electrons. The van der Waals surface area contributed by atoms with Crippen molar-refractivity contribution in [1.29, 1.82) is 0 Å². The number of aromatic amines is 1. The van der Waals surface area contributed by atoms with Crippen LogP contribution in [-0.4, -0.2) is 30.2 Å². The molecule has 0 aliphatic carbocycles. The molecule has 1 aliphatic heterocycles. The second-order valence-corrected chi connectivity index (χ2v) is 11.4. The van der Waals surface area contributed by atoms with Crippen LogP contribution >= 0.6 is 0 Å². The van der Waals surface area contributed by atoms with E-state index in [4.69, 9.17) is 9.82 Å². The van der Waals surface area contributed by atoms with Crippen LogP contribution in [0.3, 0.4) is 0 Å². The van der Waals surface area contributed by atoms with Gasteiger partial charge in [0.2, 0.25) is 5.82 Å². The molecule has 3 heterocycles. The van der Waals surface area contributed by atoms with E-state index in [-0.39, 0.29) is 11.7 Å². The summed E-state index contributed by atoms with van der Waals surface area (Å²) in [5, 5.41) is 15.1. The molecule has 7 rings (SSSR count). The quantitative estimate of drug-likeness (QED) is 0.195. The molecule has 2 N–H and O–H groups in total. The fourth-order valence-corrected chi connectivity index (χ4v) is 5.73. The third kappa shape index (κ3) is 5.77. The minimum absolute atomic E-state index is 0.0480. The summed E-state index contributed by atoms with van der Waals surface area (Å²) in [5.41, 5.74) is 11.7. The number of unbranched alkanes of at least 4 members (excludes halogenated alkanes) is 1. The predicted octanol–water partition coefficient (Wildman–Crippen LogP) is 6.56. The molecule has 4 aromatic carbocycles. The van der Waals surface area contributed by atoms with Gasteiger partial charge in [0.15, 0.2) is 0 Å². The lowest BCUT2D eigenvalue weighted by molar-refractivity contribution is 0.0512. The molecule has 1 atom stereocenters. The number of benzene rings is 4. The minimum atomic E-state index is -0.318. The topological polar surface area (TPSA) is 111 Å². The first-order valence-corrected chi connectivity index (χ1v) is 15.2. The highest BCUT2D eigenvalue weighted by Crippen LogP contribution is 2.31. The number of hydrogen-bond donors (Lipinski definition) is 2. The van der Waals surface area contributed by atoms with Crippen LogP contribution in [-0.2, 0) is 17.8 Å². The summed E-state index contributed by atoms with van der Waals surface area (Å²) in [5.74, 6) is 1.35. The SMILES string of the molecule is CCCCc1nc2ccc(C3C=C(c4ccc(C)cc4)NO3)cc2c(=O)n1Cc1ccc(-c2ccccc2-c2nn[nH]n2)cc1. The van der Waals surface area contributed by atoms with Crippen molar-refractivity contribution in [3.8, 4) is 22.5 Å². The smallest absolute Gasteiger partial charge is 0.261 e. The Morgan fingerprint density at radius 2 is 1.69 bits per heavy atom. The van der Waals surface area contributed by atoms with E-state index in [0.717, 1.165) is 64.2 Å². The Kier molecular flexibility index (Phi) is 7.75. The molecule has 0 radical (unpaired) electrons. The number of tetrazole rings is 1. The van der Waals surface area contributed by atoms with Gasteiger partial charge in [-0.05, 0) is 64.6 Å². The molecular formula is C36H33N7O2. The fourth-order valence-electron chi connectivity index (χ4n) is 5.73. The van der Waals surface area contributed by atoms with E-state index in [1.165, 1.54) is 5.56 Å². The number of aromatic nitrogens is 6. The van der Waals surface area contributed by atoms with Crippen molar-refractivity contribution in [3.05, 3.63) is 136 Å². The first-order valence-electron chi connectivity index (χ1n) is 15.2. The van der Waals surface area contributed by atoms with E-state index < -0.39 is 0 Å². The Balaban J connectivity index is 1.21. The normalized spacial score (nSPS) is 14.4. The van der Waals surface area contributed by atoms with E-state index in [1.807, 2.05) is 53.1 Å². The Labute approximate surface area is 260 Å². The highest BCUT2D eigenvalue weighted by molar-refractivity contribution is 5.81. The van der Waals surface area contributed by atoms with Gasteiger partial charge in [0.05, 0.1) is 23.1 Å². The number of hydrogen-bond acceptors (Lipinski definition) is 7. The van der Waals surface area contributed by atoms with E-state index in [0.29, 0.717) is 23.3 Å². The molecule has 0 spiro atoms. The summed E-state index contributed by atoms with van der Waals surface area (Å²) in [6.07, 6.45) is 4.43.